The van der Waals surface area contributed by atoms with E-state index >= 15 is 0 Å². The Morgan fingerprint density at radius 2 is 1.57 bits per heavy atom. The summed E-state index contributed by atoms with van der Waals surface area (Å²) in [5, 5.41) is 0. The minimum absolute atomic E-state index is 0.162. The zero-order chi connectivity index (χ0) is 19.6. The number of hydrogen-bond donors (Lipinski definition) is 0. The van der Waals surface area contributed by atoms with Crippen molar-refractivity contribution in [2.75, 3.05) is 13.7 Å². The van der Waals surface area contributed by atoms with Crippen LogP contribution in [0.3, 0.4) is 0 Å². The fourth-order valence-corrected chi connectivity index (χ4v) is 4.09. The summed E-state index contributed by atoms with van der Waals surface area (Å²) in [7, 11) is 1.59. The quantitative estimate of drug-likeness (QED) is 0.518. The first-order valence-corrected chi connectivity index (χ1v) is 9.01. The Morgan fingerprint density at radius 1 is 0.893 bits per heavy atom. The molecule has 0 saturated heterocycles. The van der Waals surface area contributed by atoms with Crippen LogP contribution in [0.1, 0.15) is 27.6 Å². The van der Waals surface area contributed by atoms with Crippen LogP contribution >= 0.6 is 0 Å². The van der Waals surface area contributed by atoms with Crippen LogP contribution in [-0.2, 0) is 0 Å². The van der Waals surface area contributed by atoms with Gasteiger partial charge >= 0.3 is 0 Å². The van der Waals surface area contributed by atoms with Gasteiger partial charge in [0.2, 0.25) is 5.43 Å². The molecule has 0 N–H and O–H groups in total. The first-order chi connectivity index (χ1) is 13.6. The standard InChI is InChI=1S/C22H16N2O4/c1-3-23-21(26)18-16-6-4-5-15-17(25)11-14(12-7-9-13(28-2)10-8-12)20(24(15)16)19(18)22(23)27/h4-11H,3H2,1-2H3. The summed E-state index contributed by atoms with van der Waals surface area (Å²) in [6, 6.07) is 14.1. The minimum Gasteiger partial charge on any atom is -0.497 e. The molecule has 4 aromatic rings. The molecular weight excluding hydrogens is 356 g/mol. The molecule has 2 amide bonds. The number of hydrogen-bond acceptors (Lipinski definition) is 4. The first kappa shape index (κ1) is 16.5. The van der Waals surface area contributed by atoms with Gasteiger partial charge in [0.25, 0.3) is 11.8 Å². The number of benzene rings is 1. The van der Waals surface area contributed by atoms with E-state index in [2.05, 4.69) is 0 Å². The van der Waals surface area contributed by atoms with Crippen molar-refractivity contribution in [1.82, 2.24) is 9.30 Å². The largest absolute Gasteiger partial charge is 0.497 e. The van der Waals surface area contributed by atoms with E-state index < -0.39 is 0 Å². The Hall–Kier alpha value is -3.67. The highest BCUT2D eigenvalue weighted by Crippen LogP contribution is 2.38. The van der Waals surface area contributed by atoms with Crippen LogP contribution in [0.15, 0.2) is 53.3 Å². The summed E-state index contributed by atoms with van der Waals surface area (Å²) < 4.78 is 6.96. The molecule has 0 unspecified atom stereocenters. The molecule has 6 heteroatoms. The van der Waals surface area contributed by atoms with Gasteiger partial charge in [-0.25, -0.2) is 0 Å². The lowest BCUT2D eigenvalue weighted by Crippen LogP contribution is -2.30. The number of carbonyl (C=O) groups is 2. The molecule has 138 valence electrons. The van der Waals surface area contributed by atoms with Gasteiger partial charge < -0.3 is 9.14 Å². The lowest BCUT2D eigenvalue weighted by molar-refractivity contribution is 0.0663. The number of imide groups is 1. The average Bonchev–Trinajstić information content (AvgIpc) is 3.19. The van der Waals surface area contributed by atoms with Crippen LogP contribution in [0.5, 0.6) is 5.75 Å². The van der Waals surface area contributed by atoms with Gasteiger partial charge in [0.15, 0.2) is 0 Å². The molecule has 5 rings (SSSR count). The van der Waals surface area contributed by atoms with E-state index in [1.165, 1.54) is 4.90 Å². The molecule has 1 aromatic carbocycles. The molecular formula is C22H16N2O4. The molecule has 1 aliphatic rings. The molecule has 0 saturated carbocycles. The minimum atomic E-state index is -0.319. The number of amides is 2. The Labute approximate surface area is 159 Å². The molecule has 0 aliphatic carbocycles. The van der Waals surface area contributed by atoms with Crippen LogP contribution in [0.25, 0.3) is 27.7 Å². The Kier molecular flexibility index (Phi) is 3.34. The monoisotopic (exact) mass is 372 g/mol. The van der Waals surface area contributed by atoms with Crippen molar-refractivity contribution in [2.45, 2.75) is 6.92 Å². The van der Waals surface area contributed by atoms with E-state index in [9.17, 15) is 14.4 Å². The molecule has 0 radical (unpaired) electrons. The van der Waals surface area contributed by atoms with E-state index in [1.807, 2.05) is 12.1 Å². The van der Waals surface area contributed by atoms with Gasteiger partial charge in [0.1, 0.15) is 5.75 Å². The van der Waals surface area contributed by atoms with Crippen molar-refractivity contribution in [3.63, 3.8) is 0 Å². The number of rotatable bonds is 3. The summed E-state index contributed by atoms with van der Waals surface area (Å²) in [5.41, 5.74) is 3.62. The molecule has 1 aliphatic heterocycles. The second-order valence-corrected chi connectivity index (χ2v) is 6.74. The highest BCUT2D eigenvalue weighted by Gasteiger charge is 2.40. The topological polar surface area (TPSA) is 68.1 Å². The predicted octanol–water partition coefficient (Wildman–Crippen LogP) is 3.18. The van der Waals surface area contributed by atoms with Crippen molar-refractivity contribution < 1.29 is 14.3 Å². The van der Waals surface area contributed by atoms with Crippen LogP contribution < -0.4 is 10.2 Å². The number of fused-ring (bicyclic) bond motifs is 3. The zero-order valence-corrected chi connectivity index (χ0v) is 15.4. The van der Waals surface area contributed by atoms with Crippen molar-refractivity contribution in [2.24, 2.45) is 0 Å². The molecule has 0 bridgehead atoms. The van der Waals surface area contributed by atoms with E-state index in [0.717, 1.165) is 5.56 Å². The third-order valence-corrected chi connectivity index (χ3v) is 5.37. The van der Waals surface area contributed by atoms with Gasteiger partial charge in [-0.15, -0.1) is 0 Å². The molecule has 0 fully saturated rings. The molecule has 6 nitrogen and oxygen atoms in total. The SMILES string of the molecule is CCN1C(=O)c2c(c3c(-c4ccc(OC)cc4)cc(=O)c4cccc2n34)C1=O. The maximum absolute atomic E-state index is 13.0. The number of pyridine rings is 2. The van der Waals surface area contributed by atoms with Gasteiger partial charge in [-0.3, -0.25) is 19.3 Å². The van der Waals surface area contributed by atoms with Crippen LogP contribution in [-0.4, -0.2) is 34.8 Å². The highest BCUT2D eigenvalue weighted by atomic mass is 16.5. The number of aromatic nitrogens is 1. The molecule has 0 spiro atoms. The normalized spacial score (nSPS) is 13.7. The van der Waals surface area contributed by atoms with Gasteiger partial charge in [-0.1, -0.05) is 18.2 Å². The summed E-state index contributed by atoms with van der Waals surface area (Å²) in [5.74, 6) is 0.0635. The fourth-order valence-electron chi connectivity index (χ4n) is 4.09. The number of methoxy groups -OCH3 is 1. The van der Waals surface area contributed by atoms with E-state index in [4.69, 9.17) is 4.74 Å². The lowest BCUT2D eigenvalue weighted by atomic mass is 10.0. The summed E-state index contributed by atoms with van der Waals surface area (Å²) in [6.07, 6.45) is 0. The van der Waals surface area contributed by atoms with E-state index in [1.54, 1.807) is 54.8 Å². The maximum Gasteiger partial charge on any atom is 0.263 e. The highest BCUT2D eigenvalue weighted by molar-refractivity contribution is 6.29. The zero-order valence-electron chi connectivity index (χ0n) is 15.4. The van der Waals surface area contributed by atoms with Gasteiger partial charge in [0, 0.05) is 12.1 Å². The number of nitrogens with zero attached hydrogens (tertiary/aromatic N) is 2. The lowest BCUT2D eigenvalue weighted by Gasteiger charge is -2.14. The Balaban J connectivity index is 1.95. The number of ether oxygens (including phenoxy) is 1. The number of carbonyl (C=O) groups excluding carboxylic acids is 2. The van der Waals surface area contributed by atoms with Crippen molar-refractivity contribution >= 4 is 28.4 Å². The average molecular weight is 372 g/mol. The smallest absolute Gasteiger partial charge is 0.263 e. The Bertz CT molecular complexity index is 1340. The second kappa shape index (κ2) is 5.66. The summed E-state index contributed by atoms with van der Waals surface area (Å²) in [6.45, 7) is 2.08. The summed E-state index contributed by atoms with van der Waals surface area (Å²) >= 11 is 0. The van der Waals surface area contributed by atoms with E-state index in [0.29, 0.717) is 45.5 Å². The van der Waals surface area contributed by atoms with E-state index in [-0.39, 0.29) is 17.2 Å². The predicted molar refractivity (Wildman–Crippen MR) is 105 cm³/mol. The van der Waals surface area contributed by atoms with Crippen molar-refractivity contribution in [3.8, 4) is 16.9 Å². The third kappa shape index (κ3) is 1.94. The van der Waals surface area contributed by atoms with Crippen LogP contribution in [0, 0.1) is 0 Å². The van der Waals surface area contributed by atoms with Gasteiger partial charge in [-0.05, 0) is 42.8 Å². The maximum atomic E-state index is 13.0. The second-order valence-electron chi connectivity index (χ2n) is 6.74. The molecule has 28 heavy (non-hydrogen) atoms. The van der Waals surface area contributed by atoms with Crippen LogP contribution in [0.4, 0.5) is 0 Å². The van der Waals surface area contributed by atoms with Crippen molar-refractivity contribution in [3.05, 3.63) is 69.9 Å². The van der Waals surface area contributed by atoms with Gasteiger partial charge in [-0.2, -0.15) is 0 Å². The molecule has 3 aromatic heterocycles. The molecule has 4 heterocycles. The third-order valence-electron chi connectivity index (χ3n) is 5.37. The van der Waals surface area contributed by atoms with Crippen molar-refractivity contribution in [1.29, 1.82) is 0 Å². The first-order valence-electron chi connectivity index (χ1n) is 9.01. The summed E-state index contributed by atoms with van der Waals surface area (Å²) in [4.78, 5) is 40.0. The Morgan fingerprint density at radius 3 is 2.25 bits per heavy atom. The van der Waals surface area contributed by atoms with Gasteiger partial charge in [0.05, 0.1) is 34.8 Å². The fraction of sp³-hybridized carbons (Fsp3) is 0.136. The molecule has 0 atom stereocenters. The van der Waals surface area contributed by atoms with Crippen LogP contribution in [0.2, 0.25) is 0 Å².